The number of hydrogen-bond acceptors (Lipinski definition) is 8. The normalized spacial score (nSPS) is 14.2. The van der Waals surface area contributed by atoms with Crippen LogP contribution in [-0.4, -0.2) is 47.0 Å². The summed E-state index contributed by atoms with van der Waals surface area (Å²) in [5, 5.41) is 5.61. The van der Waals surface area contributed by atoms with E-state index in [1.807, 2.05) is 6.92 Å². The maximum absolute atomic E-state index is 13.5. The fourth-order valence-electron chi connectivity index (χ4n) is 4.28. The lowest BCUT2D eigenvalue weighted by molar-refractivity contribution is -0.116. The Balaban J connectivity index is 1.67. The third kappa shape index (κ3) is 4.52. The van der Waals surface area contributed by atoms with Gasteiger partial charge in [0.2, 0.25) is 5.91 Å². The maximum atomic E-state index is 13.5. The van der Waals surface area contributed by atoms with E-state index >= 15 is 0 Å². The molecule has 0 aliphatic heterocycles. The smallest absolute Gasteiger partial charge is 0.330 e. The zero-order chi connectivity index (χ0) is 23.5. The standard InChI is InChI=1S/C21H28N8O3S/c1-3-4-9-28-17(22)16(19(31)26-21(28)32)29(13-7-5-6-8-13)15(30)11-33-20-14-10-25-27(2)18(14)23-12-24-20/h10,12-13H,3-9,11,22H2,1-2H3,(H,26,31,32). The zero-order valence-electron chi connectivity index (χ0n) is 18.8. The Morgan fingerprint density at radius 3 is 2.79 bits per heavy atom. The van der Waals surface area contributed by atoms with Crippen LogP contribution in [0.25, 0.3) is 11.0 Å². The van der Waals surface area contributed by atoms with Crippen LogP contribution >= 0.6 is 11.8 Å². The van der Waals surface area contributed by atoms with Crippen LogP contribution < -0.4 is 21.9 Å². The van der Waals surface area contributed by atoms with Crippen molar-refractivity contribution in [2.75, 3.05) is 16.4 Å². The highest BCUT2D eigenvalue weighted by Crippen LogP contribution is 2.31. The van der Waals surface area contributed by atoms with Gasteiger partial charge in [0.1, 0.15) is 17.2 Å². The molecule has 0 saturated heterocycles. The van der Waals surface area contributed by atoms with Gasteiger partial charge in [-0.3, -0.25) is 23.8 Å². The number of fused-ring (bicyclic) bond motifs is 1. The molecule has 12 heteroatoms. The number of anilines is 2. The summed E-state index contributed by atoms with van der Waals surface area (Å²) in [6.07, 6.45) is 8.21. The first-order chi connectivity index (χ1) is 15.9. The Hall–Kier alpha value is -3.15. The van der Waals surface area contributed by atoms with Crippen molar-refractivity contribution in [3.8, 4) is 0 Å². The average Bonchev–Trinajstić information content (AvgIpc) is 3.45. The number of unbranched alkanes of at least 4 members (excludes halogenated alkanes) is 1. The molecule has 176 valence electrons. The van der Waals surface area contributed by atoms with E-state index < -0.39 is 11.2 Å². The van der Waals surface area contributed by atoms with Gasteiger partial charge >= 0.3 is 5.69 Å². The van der Waals surface area contributed by atoms with Crippen molar-refractivity contribution in [3.05, 3.63) is 33.4 Å². The first-order valence-electron chi connectivity index (χ1n) is 11.1. The molecule has 3 aromatic heterocycles. The Bertz CT molecular complexity index is 1270. The number of nitrogen functional groups attached to an aromatic ring is 1. The minimum absolute atomic E-state index is 0.0409. The van der Waals surface area contributed by atoms with Gasteiger partial charge in [0.25, 0.3) is 5.56 Å². The molecule has 3 heterocycles. The topological polar surface area (TPSA) is 145 Å². The van der Waals surface area contributed by atoms with E-state index in [1.54, 1.807) is 17.9 Å². The molecule has 33 heavy (non-hydrogen) atoms. The molecule has 0 bridgehead atoms. The first kappa shape index (κ1) is 23.0. The Morgan fingerprint density at radius 1 is 1.30 bits per heavy atom. The van der Waals surface area contributed by atoms with E-state index in [0.29, 0.717) is 17.2 Å². The van der Waals surface area contributed by atoms with Crippen molar-refractivity contribution < 1.29 is 4.79 Å². The van der Waals surface area contributed by atoms with Gasteiger partial charge in [-0.15, -0.1) is 0 Å². The number of carbonyl (C=O) groups excluding carboxylic acids is 1. The number of aryl methyl sites for hydroxylation is 1. The van der Waals surface area contributed by atoms with Crippen LogP contribution in [0.1, 0.15) is 45.4 Å². The molecule has 0 radical (unpaired) electrons. The van der Waals surface area contributed by atoms with Crippen molar-refractivity contribution in [2.24, 2.45) is 7.05 Å². The van der Waals surface area contributed by atoms with Crippen LogP contribution in [0.15, 0.2) is 27.1 Å². The first-order valence-corrected chi connectivity index (χ1v) is 12.1. The second-order valence-electron chi connectivity index (χ2n) is 8.17. The van der Waals surface area contributed by atoms with Gasteiger partial charge in [0.15, 0.2) is 11.3 Å². The molecular weight excluding hydrogens is 444 g/mol. The number of thioether (sulfide) groups is 1. The van der Waals surface area contributed by atoms with Crippen LogP contribution in [0.3, 0.4) is 0 Å². The minimum atomic E-state index is -0.632. The number of nitrogens with zero attached hydrogens (tertiary/aromatic N) is 6. The quantitative estimate of drug-likeness (QED) is 0.372. The molecule has 0 spiro atoms. The molecular formula is C21H28N8O3S. The summed E-state index contributed by atoms with van der Waals surface area (Å²) in [7, 11) is 1.79. The van der Waals surface area contributed by atoms with Crippen LogP contribution in [0, 0.1) is 0 Å². The van der Waals surface area contributed by atoms with Gasteiger partial charge < -0.3 is 10.6 Å². The number of aromatic nitrogens is 6. The molecule has 3 N–H and O–H groups in total. The lowest BCUT2D eigenvalue weighted by atomic mass is 10.2. The average molecular weight is 473 g/mol. The van der Waals surface area contributed by atoms with Crippen molar-refractivity contribution in [2.45, 2.75) is 63.1 Å². The van der Waals surface area contributed by atoms with E-state index in [9.17, 15) is 14.4 Å². The van der Waals surface area contributed by atoms with Gasteiger partial charge in [-0.2, -0.15) is 5.10 Å². The molecule has 1 aliphatic carbocycles. The third-order valence-corrected chi connectivity index (χ3v) is 6.96. The van der Waals surface area contributed by atoms with Crippen LogP contribution in [0.4, 0.5) is 11.5 Å². The summed E-state index contributed by atoms with van der Waals surface area (Å²) in [6.45, 7) is 2.39. The maximum Gasteiger partial charge on any atom is 0.330 e. The lowest BCUT2D eigenvalue weighted by Gasteiger charge is -2.29. The van der Waals surface area contributed by atoms with Crippen molar-refractivity contribution in [3.63, 3.8) is 0 Å². The summed E-state index contributed by atoms with van der Waals surface area (Å²) >= 11 is 1.27. The van der Waals surface area contributed by atoms with E-state index in [-0.39, 0.29) is 29.2 Å². The Morgan fingerprint density at radius 2 is 2.06 bits per heavy atom. The molecule has 1 amide bonds. The lowest BCUT2D eigenvalue weighted by Crippen LogP contribution is -2.46. The van der Waals surface area contributed by atoms with Gasteiger partial charge in [0.05, 0.1) is 17.3 Å². The van der Waals surface area contributed by atoms with Gasteiger partial charge in [-0.05, 0) is 19.3 Å². The van der Waals surface area contributed by atoms with Gasteiger partial charge in [0, 0.05) is 19.6 Å². The molecule has 0 aromatic carbocycles. The SMILES string of the molecule is CCCCn1c(N)c(N(C(=O)CSc2ncnc3c2cnn3C)C2CCCC2)c(=O)[nH]c1=O. The van der Waals surface area contributed by atoms with Crippen LogP contribution in [0.2, 0.25) is 0 Å². The number of rotatable bonds is 8. The Kier molecular flexibility index (Phi) is 6.82. The number of aromatic amines is 1. The largest absolute Gasteiger partial charge is 0.383 e. The molecule has 1 saturated carbocycles. The third-order valence-electron chi connectivity index (χ3n) is 5.97. The highest BCUT2D eigenvalue weighted by atomic mass is 32.2. The number of nitrogens with one attached hydrogen (secondary N) is 1. The molecule has 1 fully saturated rings. The van der Waals surface area contributed by atoms with Crippen LogP contribution in [0.5, 0.6) is 0 Å². The Labute approximate surface area is 194 Å². The van der Waals surface area contributed by atoms with Crippen LogP contribution in [-0.2, 0) is 18.4 Å². The molecule has 1 aliphatic rings. The fraction of sp³-hybridized carbons (Fsp3) is 0.524. The van der Waals surface area contributed by atoms with E-state index in [1.165, 1.54) is 27.6 Å². The number of hydrogen-bond donors (Lipinski definition) is 2. The van der Waals surface area contributed by atoms with Gasteiger partial charge in [-0.25, -0.2) is 14.8 Å². The summed E-state index contributed by atoms with van der Waals surface area (Å²) in [5.41, 5.74) is 5.89. The summed E-state index contributed by atoms with van der Waals surface area (Å²) in [5.74, 6) is -0.149. The highest BCUT2D eigenvalue weighted by Gasteiger charge is 2.32. The molecule has 0 atom stereocenters. The van der Waals surface area contributed by atoms with Gasteiger partial charge in [-0.1, -0.05) is 37.9 Å². The predicted octanol–water partition coefficient (Wildman–Crippen LogP) is 1.66. The summed E-state index contributed by atoms with van der Waals surface area (Å²) < 4.78 is 3.00. The summed E-state index contributed by atoms with van der Waals surface area (Å²) in [6, 6.07) is -0.137. The van der Waals surface area contributed by atoms with E-state index in [2.05, 4.69) is 20.1 Å². The number of amides is 1. The molecule has 4 rings (SSSR count). The minimum Gasteiger partial charge on any atom is -0.383 e. The second-order valence-corrected chi connectivity index (χ2v) is 9.14. The molecule has 0 unspecified atom stereocenters. The van der Waals surface area contributed by atoms with E-state index in [4.69, 9.17) is 5.73 Å². The van der Waals surface area contributed by atoms with Crippen molar-refractivity contribution in [1.82, 2.24) is 29.3 Å². The fourth-order valence-corrected chi connectivity index (χ4v) is 5.10. The number of H-pyrrole nitrogens is 1. The molecule has 11 nitrogen and oxygen atoms in total. The predicted molar refractivity (Wildman–Crippen MR) is 127 cm³/mol. The summed E-state index contributed by atoms with van der Waals surface area (Å²) in [4.78, 5) is 51.1. The van der Waals surface area contributed by atoms with Crippen molar-refractivity contribution >= 4 is 40.2 Å². The second kappa shape index (κ2) is 9.77. The molecule has 3 aromatic rings. The number of nitrogens with two attached hydrogens (primary N) is 1. The number of carbonyl (C=O) groups is 1. The van der Waals surface area contributed by atoms with E-state index in [0.717, 1.165) is 43.9 Å². The highest BCUT2D eigenvalue weighted by molar-refractivity contribution is 8.00. The zero-order valence-corrected chi connectivity index (χ0v) is 19.6. The van der Waals surface area contributed by atoms with Crippen molar-refractivity contribution in [1.29, 1.82) is 0 Å². The monoisotopic (exact) mass is 472 g/mol.